The Labute approximate surface area is 162 Å². The molecule has 2 heterocycles. The van der Waals surface area contributed by atoms with Gasteiger partial charge in [-0.15, -0.1) is 0 Å². The minimum absolute atomic E-state index is 0.00314. The minimum atomic E-state index is -0.612. The van der Waals surface area contributed by atoms with Crippen LogP contribution in [-0.4, -0.2) is 60.6 Å². The van der Waals surface area contributed by atoms with Crippen LogP contribution >= 0.6 is 0 Å². The van der Waals surface area contributed by atoms with E-state index in [1.54, 1.807) is 25.0 Å². The molecule has 1 saturated heterocycles. The maximum absolute atomic E-state index is 12.5. The highest BCUT2D eigenvalue weighted by atomic mass is 16.6. The van der Waals surface area contributed by atoms with Crippen LogP contribution in [0, 0.1) is 17.0 Å². The Morgan fingerprint density at radius 1 is 1.14 bits per heavy atom. The van der Waals surface area contributed by atoms with Gasteiger partial charge in [0.25, 0.3) is 5.91 Å². The number of amides is 1. The number of benzene rings is 1. The predicted octanol–water partition coefficient (Wildman–Crippen LogP) is 2.03. The molecule has 148 valence electrons. The number of aromatic nitrogens is 1. The fourth-order valence-electron chi connectivity index (χ4n) is 3.09. The summed E-state index contributed by atoms with van der Waals surface area (Å²) in [6, 6.07) is 10.8. The van der Waals surface area contributed by atoms with E-state index in [0.717, 1.165) is 11.4 Å². The largest absolute Gasteiger partial charge is 0.495 e. The molecule has 0 radical (unpaired) electrons. The van der Waals surface area contributed by atoms with E-state index in [4.69, 9.17) is 9.47 Å². The van der Waals surface area contributed by atoms with E-state index in [-0.39, 0.29) is 24.1 Å². The first kappa shape index (κ1) is 19.4. The summed E-state index contributed by atoms with van der Waals surface area (Å²) in [4.78, 5) is 30.7. The molecule has 9 heteroatoms. The molecule has 1 aromatic carbocycles. The summed E-state index contributed by atoms with van der Waals surface area (Å²) >= 11 is 0. The van der Waals surface area contributed by atoms with Crippen molar-refractivity contribution in [2.45, 2.75) is 6.92 Å². The molecule has 0 spiro atoms. The Morgan fingerprint density at radius 2 is 1.86 bits per heavy atom. The second kappa shape index (κ2) is 8.55. The Kier molecular flexibility index (Phi) is 5.93. The van der Waals surface area contributed by atoms with Gasteiger partial charge >= 0.3 is 5.82 Å². The molecule has 2 aromatic rings. The third-order valence-corrected chi connectivity index (χ3v) is 4.56. The average molecular weight is 386 g/mol. The lowest BCUT2D eigenvalue weighted by Crippen LogP contribution is -2.50. The van der Waals surface area contributed by atoms with Gasteiger partial charge < -0.3 is 29.4 Å². The predicted molar refractivity (Wildman–Crippen MR) is 103 cm³/mol. The summed E-state index contributed by atoms with van der Waals surface area (Å²) in [5.74, 6) is 0.199. The average Bonchev–Trinajstić information content (AvgIpc) is 2.72. The van der Waals surface area contributed by atoms with Gasteiger partial charge in [-0.2, -0.15) is 0 Å². The molecule has 1 fully saturated rings. The highest BCUT2D eigenvalue weighted by Gasteiger charge is 2.24. The zero-order chi connectivity index (χ0) is 20.1. The Balaban J connectivity index is 1.57. The molecule has 1 amide bonds. The van der Waals surface area contributed by atoms with Crippen molar-refractivity contribution in [3.8, 4) is 11.5 Å². The van der Waals surface area contributed by atoms with Gasteiger partial charge in [0.1, 0.15) is 11.4 Å². The van der Waals surface area contributed by atoms with Crippen molar-refractivity contribution in [1.29, 1.82) is 0 Å². The first-order chi connectivity index (χ1) is 13.5. The van der Waals surface area contributed by atoms with Gasteiger partial charge in [0, 0.05) is 33.1 Å². The zero-order valence-electron chi connectivity index (χ0n) is 15.8. The normalized spacial score (nSPS) is 13.9. The van der Waals surface area contributed by atoms with Crippen molar-refractivity contribution in [2.24, 2.45) is 0 Å². The first-order valence-electron chi connectivity index (χ1n) is 8.90. The van der Waals surface area contributed by atoms with Crippen LogP contribution in [0.25, 0.3) is 0 Å². The van der Waals surface area contributed by atoms with E-state index in [1.807, 2.05) is 24.3 Å². The van der Waals surface area contributed by atoms with E-state index in [2.05, 4.69) is 9.88 Å². The van der Waals surface area contributed by atoms with E-state index in [0.29, 0.717) is 31.9 Å². The van der Waals surface area contributed by atoms with Gasteiger partial charge in [0.2, 0.25) is 5.75 Å². The molecule has 0 aliphatic carbocycles. The van der Waals surface area contributed by atoms with Crippen LogP contribution in [0.15, 0.2) is 36.4 Å². The number of ether oxygens (including phenoxy) is 2. The second-order valence-corrected chi connectivity index (χ2v) is 6.36. The lowest BCUT2D eigenvalue weighted by atomic mass is 10.2. The maximum atomic E-state index is 12.5. The van der Waals surface area contributed by atoms with Gasteiger partial charge in [-0.1, -0.05) is 12.1 Å². The van der Waals surface area contributed by atoms with E-state index in [9.17, 15) is 14.9 Å². The molecule has 1 aliphatic rings. The van der Waals surface area contributed by atoms with Crippen molar-refractivity contribution < 1.29 is 19.2 Å². The number of carbonyl (C=O) groups is 1. The molecule has 1 aromatic heterocycles. The van der Waals surface area contributed by atoms with Gasteiger partial charge in [-0.05, 0) is 34.2 Å². The summed E-state index contributed by atoms with van der Waals surface area (Å²) in [6.45, 7) is 3.79. The van der Waals surface area contributed by atoms with Crippen LogP contribution in [0.3, 0.4) is 0 Å². The highest BCUT2D eigenvalue weighted by molar-refractivity contribution is 5.78. The zero-order valence-corrected chi connectivity index (χ0v) is 15.8. The second-order valence-electron chi connectivity index (χ2n) is 6.36. The standard InChI is InChI=1S/C19H22N4O5/c1-14-7-8-17(19(20-14)23(25)26)28-13-18(24)22-11-9-21(10-12-22)15-5-3-4-6-16(15)27-2/h3-8H,9-13H2,1-2H3. The third-order valence-electron chi connectivity index (χ3n) is 4.56. The van der Waals surface area contributed by atoms with Crippen molar-refractivity contribution in [3.63, 3.8) is 0 Å². The van der Waals surface area contributed by atoms with Crippen LogP contribution in [0.5, 0.6) is 11.5 Å². The molecule has 9 nitrogen and oxygen atoms in total. The summed E-state index contributed by atoms with van der Waals surface area (Å²) in [5, 5.41) is 11.1. The quantitative estimate of drug-likeness (QED) is 0.553. The molecule has 0 atom stereocenters. The molecule has 3 rings (SSSR count). The lowest BCUT2D eigenvalue weighted by molar-refractivity contribution is -0.390. The highest BCUT2D eigenvalue weighted by Crippen LogP contribution is 2.28. The molecule has 0 N–H and O–H groups in total. The van der Waals surface area contributed by atoms with E-state index >= 15 is 0 Å². The summed E-state index contributed by atoms with van der Waals surface area (Å²) in [7, 11) is 1.63. The number of methoxy groups -OCH3 is 1. The van der Waals surface area contributed by atoms with Crippen LogP contribution in [0.2, 0.25) is 0 Å². The SMILES string of the molecule is COc1ccccc1N1CCN(C(=O)COc2ccc(C)nc2[N+](=O)[O-])CC1. The monoisotopic (exact) mass is 386 g/mol. The van der Waals surface area contributed by atoms with Crippen molar-refractivity contribution in [2.75, 3.05) is 44.8 Å². The molecule has 0 saturated carbocycles. The molecule has 0 bridgehead atoms. The van der Waals surface area contributed by atoms with Crippen LogP contribution in [0.1, 0.15) is 5.69 Å². The molecule has 1 aliphatic heterocycles. The van der Waals surface area contributed by atoms with Gasteiger partial charge in [0.05, 0.1) is 12.8 Å². The number of hydrogen-bond acceptors (Lipinski definition) is 7. The van der Waals surface area contributed by atoms with Gasteiger partial charge in [0.15, 0.2) is 6.61 Å². The van der Waals surface area contributed by atoms with Crippen molar-refractivity contribution >= 4 is 17.4 Å². The molecular weight excluding hydrogens is 364 g/mol. The number of aryl methyl sites for hydroxylation is 1. The number of hydrogen-bond donors (Lipinski definition) is 0. The Bertz CT molecular complexity index is 865. The number of nitrogens with zero attached hydrogens (tertiary/aromatic N) is 4. The molecule has 28 heavy (non-hydrogen) atoms. The molecular formula is C19H22N4O5. The Morgan fingerprint density at radius 3 is 2.54 bits per heavy atom. The van der Waals surface area contributed by atoms with Crippen LogP contribution < -0.4 is 14.4 Å². The maximum Gasteiger partial charge on any atom is 0.406 e. The number of piperazine rings is 1. The van der Waals surface area contributed by atoms with Crippen LogP contribution in [0.4, 0.5) is 11.5 Å². The minimum Gasteiger partial charge on any atom is -0.495 e. The Hall–Kier alpha value is -3.36. The lowest BCUT2D eigenvalue weighted by Gasteiger charge is -2.36. The number of anilines is 1. The van der Waals surface area contributed by atoms with Gasteiger partial charge in [-0.3, -0.25) is 4.79 Å². The number of carbonyl (C=O) groups excluding carboxylic acids is 1. The number of pyridine rings is 1. The van der Waals surface area contributed by atoms with E-state index < -0.39 is 4.92 Å². The summed E-state index contributed by atoms with van der Waals surface area (Å²) < 4.78 is 10.8. The fourth-order valence-corrected chi connectivity index (χ4v) is 3.09. The number of para-hydroxylation sites is 2. The molecule has 0 unspecified atom stereocenters. The number of nitro groups is 1. The first-order valence-corrected chi connectivity index (χ1v) is 8.90. The van der Waals surface area contributed by atoms with Crippen LogP contribution in [-0.2, 0) is 4.79 Å². The van der Waals surface area contributed by atoms with E-state index in [1.165, 1.54) is 6.07 Å². The fraction of sp³-hybridized carbons (Fsp3) is 0.368. The summed E-state index contributed by atoms with van der Waals surface area (Å²) in [6.07, 6.45) is 0. The topological polar surface area (TPSA) is 98.0 Å². The van der Waals surface area contributed by atoms with Crippen molar-refractivity contribution in [3.05, 3.63) is 52.2 Å². The smallest absolute Gasteiger partial charge is 0.406 e. The van der Waals surface area contributed by atoms with Gasteiger partial charge in [-0.25, -0.2) is 0 Å². The number of rotatable bonds is 6. The summed E-state index contributed by atoms with van der Waals surface area (Å²) in [5.41, 5.74) is 1.51. The third kappa shape index (κ3) is 4.30. The van der Waals surface area contributed by atoms with Crippen molar-refractivity contribution in [1.82, 2.24) is 9.88 Å².